The molecule has 5 aromatic rings. The van der Waals surface area contributed by atoms with Crippen LogP contribution < -0.4 is 0 Å². The fraction of sp³-hybridized carbons (Fsp3) is 0.333. The number of aromatic nitrogens is 4. The third-order valence-electron chi connectivity index (χ3n) is 8.64. The molecule has 0 spiro atoms. The first-order valence-electron chi connectivity index (χ1n) is 15.7. The summed E-state index contributed by atoms with van der Waals surface area (Å²) >= 11 is 14.7. The van der Waals surface area contributed by atoms with E-state index in [1.165, 1.54) is 12.1 Å². The maximum Gasteiger partial charge on any atom is 0.177 e. The van der Waals surface area contributed by atoms with Gasteiger partial charge in [0.1, 0.15) is 21.4 Å². The lowest BCUT2D eigenvalue weighted by atomic mass is 9.79. The second-order valence-electron chi connectivity index (χ2n) is 12.8. The van der Waals surface area contributed by atoms with Crippen LogP contribution in [0.2, 0.25) is 10.0 Å². The Morgan fingerprint density at radius 3 is 1.85 bits per heavy atom. The Balaban J connectivity index is 0.000000170. The van der Waals surface area contributed by atoms with E-state index in [1.54, 1.807) is 24.3 Å². The van der Waals surface area contributed by atoms with E-state index in [-0.39, 0.29) is 30.2 Å². The second kappa shape index (κ2) is 14.6. The van der Waals surface area contributed by atoms with Gasteiger partial charge in [-0.1, -0.05) is 88.5 Å². The van der Waals surface area contributed by atoms with Gasteiger partial charge >= 0.3 is 0 Å². The molecule has 12 heteroatoms. The van der Waals surface area contributed by atoms with Crippen molar-refractivity contribution in [1.29, 1.82) is 0 Å². The van der Waals surface area contributed by atoms with E-state index < -0.39 is 17.2 Å². The topological polar surface area (TPSA) is 85.7 Å². The second-order valence-corrected chi connectivity index (χ2v) is 15.2. The summed E-state index contributed by atoms with van der Waals surface area (Å²) in [4.78, 5) is 26.9. The molecule has 48 heavy (non-hydrogen) atoms. The molecule has 2 aromatic heterocycles. The van der Waals surface area contributed by atoms with Crippen LogP contribution in [0, 0.1) is 11.6 Å². The zero-order valence-electron chi connectivity index (χ0n) is 26.3. The average molecular weight is 726 g/mol. The SMILES string of the molecule is CC(C)(CC(=O)c1snnc1C1CC1)c1c(F)cccc1Cl.O=C(CC(c1ccccc1)c1c(F)cccc1Cl)c1snnc1C1CC1. The molecular weight excluding hydrogens is 693 g/mol. The van der Waals surface area contributed by atoms with Gasteiger partial charge in [-0.15, -0.1) is 10.2 Å². The van der Waals surface area contributed by atoms with Crippen LogP contribution >= 0.6 is 46.3 Å². The Bertz CT molecular complexity index is 1900. The van der Waals surface area contributed by atoms with Crippen molar-refractivity contribution < 1.29 is 18.4 Å². The Morgan fingerprint density at radius 1 is 0.771 bits per heavy atom. The van der Waals surface area contributed by atoms with Crippen molar-refractivity contribution in [3.05, 3.63) is 126 Å². The fourth-order valence-electron chi connectivity index (χ4n) is 5.94. The summed E-state index contributed by atoms with van der Waals surface area (Å²) in [6, 6.07) is 18.6. The lowest BCUT2D eigenvalue weighted by molar-refractivity contribution is 0.0957. The highest BCUT2D eigenvalue weighted by atomic mass is 35.5. The van der Waals surface area contributed by atoms with Gasteiger partial charge in [0.15, 0.2) is 11.6 Å². The molecule has 0 bridgehead atoms. The molecule has 3 aromatic carbocycles. The highest BCUT2D eigenvalue weighted by Gasteiger charge is 2.36. The molecule has 2 fully saturated rings. The van der Waals surface area contributed by atoms with E-state index in [0.29, 0.717) is 42.8 Å². The van der Waals surface area contributed by atoms with Crippen molar-refractivity contribution in [2.45, 2.75) is 75.5 Å². The molecule has 248 valence electrons. The largest absolute Gasteiger partial charge is 0.293 e. The van der Waals surface area contributed by atoms with E-state index in [1.807, 2.05) is 44.2 Å². The summed E-state index contributed by atoms with van der Waals surface area (Å²) in [5.74, 6) is -0.611. The molecule has 1 atom stereocenters. The molecule has 0 aliphatic heterocycles. The monoisotopic (exact) mass is 724 g/mol. The number of Topliss-reactive ketones (excluding diaryl/α,β-unsaturated/α-hetero) is 2. The standard InChI is InChI=1S/C20H16ClFN2OS.C16H16ClFN2OS/c21-15-7-4-8-16(22)18(15)14(12-5-2-1-3-6-12)11-17(25)20-19(13-9-10-13)23-24-26-20;1-16(2,13-10(17)4-3-5-11(13)18)8-12(21)15-14(9-6-7-9)19-20-22-15/h1-8,13-14H,9-11H2;3-5,9H,6-8H2,1-2H3. The molecule has 7 rings (SSSR count). The van der Waals surface area contributed by atoms with Gasteiger partial charge in [0, 0.05) is 57.2 Å². The predicted octanol–water partition coefficient (Wildman–Crippen LogP) is 10.4. The molecule has 2 aliphatic carbocycles. The Morgan fingerprint density at radius 2 is 1.31 bits per heavy atom. The maximum absolute atomic E-state index is 14.6. The van der Waals surface area contributed by atoms with Gasteiger partial charge in [0.2, 0.25) is 0 Å². The van der Waals surface area contributed by atoms with E-state index in [9.17, 15) is 18.4 Å². The summed E-state index contributed by atoms with van der Waals surface area (Å²) in [6.45, 7) is 3.67. The van der Waals surface area contributed by atoms with Gasteiger partial charge in [0.25, 0.3) is 0 Å². The zero-order chi connectivity index (χ0) is 34.0. The average Bonchev–Trinajstić information content (AvgIpc) is 3.98. The van der Waals surface area contributed by atoms with Crippen LogP contribution in [0.1, 0.15) is 118 Å². The molecule has 2 aliphatic rings. The number of hydrogen-bond donors (Lipinski definition) is 0. The van der Waals surface area contributed by atoms with Gasteiger partial charge in [0.05, 0.1) is 11.4 Å². The molecule has 0 radical (unpaired) electrons. The number of carbonyl (C=O) groups is 2. The fourth-order valence-corrected chi connectivity index (χ4v) is 8.03. The first kappa shape index (κ1) is 34.4. The number of benzene rings is 3. The van der Waals surface area contributed by atoms with Crippen molar-refractivity contribution in [2.24, 2.45) is 0 Å². The summed E-state index contributed by atoms with van der Waals surface area (Å²) < 4.78 is 36.6. The minimum Gasteiger partial charge on any atom is -0.293 e. The number of hydrogen-bond acceptors (Lipinski definition) is 8. The van der Waals surface area contributed by atoms with Gasteiger partial charge < -0.3 is 0 Å². The first-order chi connectivity index (χ1) is 23.0. The van der Waals surface area contributed by atoms with Crippen LogP contribution in [-0.2, 0) is 5.41 Å². The van der Waals surface area contributed by atoms with Crippen LogP contribution in [-0.4, -0.2) is 30.7 Å². The number of halogens is 4. The molecule has 2 heterocycles. The van der Waals surface area contributed by atoms with E-state index in [2.05, 4.69) is 19.2 Å². The molecule has 2 saturated carbocycles. The van der Waals surface area contributed by atoms with Crippen molar-refractivity contribution in [3.63, 3.8) is 0 Å². The first-order valence-corrected chi connectivity index (χ1v) is 18.0. The van der Waals surface area contributed by atoms with Crippen LogP contribution in [0.25, 0.3) is 0 Å². The van der Waals surface area contributed by atoms with Crippen molar-refractivity contribution in [3.8, 4) is 0 Å². The predicted molar refractivity (Wildman–Crippen MR) is 186 cm³/mol. The van der Waals surface area contributed by atoms with Crippen molar-refractivity contribution in [2.75, 3.05) is 0 Å². The van der Waals surface area contributed by atoms with Crippen LogP contribution in [0.5, 0.6) is 0 Å². The van der Waals surface area contributed by atoms with E-state index >= 15 is 0 Å². The summed E-state index contributed by atoms with van der Waals surface area (Å²) in [7, 11) is 0. The van der Waals surface area contributed by atoms with E-state index in [0.717, 1.165) is 65.7 Å². The maximum atomic E-state index is 14.6. The third kappa shape index (κ3) is 7.72. The Labute approximate surface area is 295 Å². The number of carbonyl (C=O) groups excluding carboxylic acids is 2. The molecular formula is C36H32Cl2F2N4O2S2. The molecule has 0 amide bonds. The van der Waals surface area contributed by atoms with Crippen LogP contribution in [0.4, 0.5) is 8.78 Å². The number of ketones is 2. The molecule has 6 nitrogen and oxygen atoms in total. The van der Waals surface area contributed by atoms with Gasteiger partial charge in [-0.25, -0.2) is 8.78 Å². The Hall–Kier alpha value is -3.44. The van der Waals surface area contributed by atoms with Gasteiger partial charge in [-0.05, 0) is 78.6 Å². The minimum absolute atomic E-state index is 0.0405. The van der Waals surface area contributed by atoms with E-state index in [4.69, 9.17) is 23.2 Å². The molecule has 0 N–H and O–H groups in total. The summed E-state index contributed by atoms with van der Waals surface area (Å²) in [5.41, 5.74) is 2.52. The highest BCUT2D eigenvalue weighted by molar-refractivity contribution is 7.08. The third-order valence-corrected chi connectivity index (χ3v) is 10.9. The van der Waals surface area contributed by atoms with Gasteiger partial charge in [-0.2, -0.15) is 0 Å². The van der Waals surface area contributed by atoms with Crippen molar-refractivity contribution >= 4 is 57.8 Å². The van der Waals surface area contributed by atoms with Crippen LogP contribution in [0.3, 0.4) is 0 Å². The smallest absolute Gasteiger partial charge is 0.177 e. The zero-order valence-corrected chi connectivity index (χ0v) is 29.4. The molecule has 0 saturated heterocycles. The van der Waals surface area contributed by atoms with Crippen LogP contribution in [0.15, 0.2) is 66.7 Å². The summed E-state index contributed by atoms with van der Waals surface area (Å²) in [5, 5.41) is 8.90. The summed E-state index contributed by atoms with van der Waals surface area (Å²) in [6.07, 6.45) is 4.54. The highest BCUT2D eigenvalue weighted by Crippen LogP contribution is 2.44. The number of nitrogens with zero attached hydrogens (tertiary/aromatic N) is 4. The lowest BCUT2D eigenvalue weighted by Gasteiger charge is -2.26. The normalized spacial score (nSPS) is 15.0. The van der Waals surface area contributed by atoms with Crippen molar-refractivity contribution in [1.82, 2.24) is 19.2 Å². The quantitative estimate of drug-likeness (QED) is 0.126. The minimum atomic E-state index is -0.690. The Kier molecular flexibility index (Phi) is 10.5. The lowest BCUT2D eigenvalue weighted by Crippen LogP contribution is -2.24. The molecule has 1 unspecified atom stereocenters. The van der Waals surface area contributed by atoms with Gasteiger partial charge in [-0.3, -0.25) is 9.59 Å². The number of rotatable bonds is 11.